The molecule has 2 aromatic rings. The largest absolute Gasteiger partial charge is 0.332 e. The van der Waals surface area contributed by atoms with Crippen LogP contribution in [0.1, 0.15) is 17.7 Å². The van der Waals surface area contributed by atoms with Gasteiger partial charge >= 0.3 is 5.69 Å². The number of hydrogen-bond donors (Lipinski definition) is 0. The highest BCUT2D eigenvalue weighted by atomic mass is 16.1. The Kier molecular flexibility index (Phi) is 1.99. The summed E-state index contributed by atoms with van der Waals surface area (Å²) in [6.45, 7) is 2.90. The van der Waals surface area contributed by atoms with Gasteiger partial charge in [0.05, 0.1) is 5.69 Å². The van der Waals surface area contributed by atoms with Crippen molar-refractivity contribution in [2.45, 2.75) is 26.3 Å². The summed E-state index contributed by atoms with van der Waals surface area (Å²) >= 11 is 0. The number of hydrogen-bond acceptors (Lipinski definition) is 1. The molecule has 0 saturated carbocycles. The van der Waals surface area contributed by atoms with Crippen LogP contribution in [0.3, 0.4) is 0 Å². The molecule has 0 N–H and O–H groups in total. The summed E-state index contributed by atoms with van der Waals surface area (Å²) in [5, 5.41) is 0. The Balaban J connectivity index is 2.22. The molecule has 1 aliphatic rings. The lowest BCUT2D eigenvalue weighted by Crippen LogP contribution is -2.22. The lowest BCUT2D eigenvalue weighted by Gasteiger charge is -2.05. The third kappa shape index (κ3) is 1.24. The molecule has 0 bridgehead atoms. The molecule has 0 saturated heterocycles. The number of benzene rings is 1. The molecular weight excluding hydrogens is 200 g/mol. The third-order valence-corrected chi connectivity index (χ3v) is 3.25. The van der Waals surface area contributed by atoms with E-state index < -0.39 is 0 Å². The lowest BCUT2D eigenvalue weighted by atomic mass is 10.2. The van der Waals surface area contributed by atoms with Crippen LogP contribution in [0.2, 0.25) is 0 Å². The molecule has 16 heavy (non-hydrogen) atoms. The van der Waals surface area contributed by atoms with Crippen molar-refractivity contribution in [1.29, 1.82) is 0 Å². The first kappa shape index (κ1) is 9.46. The van der Waals surface area contributed by atoms with Gasteiger partial charge in [0, 0.05) is 18.4 Å². The molecule has 0 spiro atoms. The van der Waals surface area contributed by atoms with E-state index in [0.29, 0.717) is 0 Å². The van der Waals surface area contributed by atoms with Crippen molar-refractivity contribution in [1.82, 2.24) is 9.13 Å². The monoisotopic (exact) mass is 214 g/mol. The lowest BCUT2D eigenvalue weighted by molar-refractivity contribution is 0.698. The molecule has 0 fully saturated rings. The maximum atomic E-state index is 12.1. The summed E-state index contributed by atoms with van der Waals surface area (Å²) in [5.74, 6) is 0. The fraction of sp³-hybridized carbons (Fsp3) is 0.308. The Hall–Kier alpha value is -1.77. The van der Waals surface area contributed by atoms with Crippen molar-refractivity contribution < 1.29 is 0 Å². The van der Waals surface area contributed by atoms with Gasteiger partial charge < -0.3 is 0 Å². The molecule has 3 heteroatoms. The van der Waals surface area contributed by atoms with Gasteiger partial charge in [0.2, 0.25) is 0 Å². The minimum atomic E-state index is 0.0989. The van der Waals surface area contributed by atoms with Crippen molar-refractivity contribution in [3.8, 4) is 5.69 Å². The number of para-hydroxylation sites is 1. The summed E-state index contributed by atoms with van der Waals surface area (Å²) in [5.41, 5.74) is 3.39. The van der Waals surface area contributed by atoms with Crippen LogP contribution in [-0.4, -0.2) is 9.13 Å². The highest BCUT2D eigenvalue weighted by Gasteiger charge is 2.17. The number of fused-ring (bicyclic) bond motifs is 1. The van der Waals surface area contributed by atoms with Gasteiger partial charge in [0.25, 0.3) is 0 Å². The van der Waals surface area contributed by atoms with Crippen LogP contribution < -0.4 is 5.69 Å². The molecule has 1 aromatic heterocycles. The van der Waals surface area contributed by atoms with E-state index in [0.717, 1.165) is 36.3 Å². The highest BCUT2D eigenvalue weighted by molar-refractivity contribution is 5.40. The van der Waals surface area contributed by atoms with E-state index in [2.05, 4.69) is 0 Å². The maximum absolute atomic E-state index is 12.1. The smallest absolute Gasteiger partial charge is 0.296 e. The molecule has 1 aromatic carbocycles. The van der Waals surface area contributed by atoms with Gasteiger partial charge in [-0.15, -0.1) is 0 Å². The van der Waals surface area contributed by atoms with E-state index in [1.165, 1.54) is 0 Å². The van der Waals surface area contributed by atoms with Crippen LogP contribution in [0.25, 0.3) is 5.69 Å². The first-order chi connectivity index (χ1) is 7.77. The van der Waals surface area contributed by atoms with Crippen molar-refractivity contribution in [2.24, 2.45) is 0 Å². The van der Waals surface area contributed by atoms with Crippen LogP contribution in [0.15, 0.2) is 35.3 Å². The fourth-order valence-corrected chi connectivity index (χ4v) is 2.39. The Labute approximate surface area is 94.0 Å². The summed E-state index contributed by atoms with van der Waals surface area (Å²) in [6.07, 6.45) is 4.10. The summed E-state index contributed by atoms with van der Waals surface area (Å²) < 4.78 is 3.65. The minimum Gasteiger partial charge on any atom is -0.296 e. The highest BCUT2D eigenvalue weighted by Crippen LogP contribution is 2.16. The van der Waals surface area contributed by atoms with E-state index in [-0.39, 0.29) is 5.69 Å². The normalized spacial score (nSPS) is 14.1. The minimum absolute atomic E-state index is 0.0989. The number of aryl methyl sites for hydroxylation is 2. The predicted octanol–water partition coefficient (Wildman–Crippen LogP) is 1.89. The van der Waals surface area contributed by atoms with Crippen LogP contribution in [0.4, 0.5) is 0 Å². The van der Waals surface area contributed by atoms with Gasteiger partial charge in [-0.05, 0) is 31.4 Å². The molecule has 0 radical (unpaired) electrons. The van der Waals surface area contributed by atoms with E-state index in [4.69, 9.17) is 0 Å². The second-order valence-electron chi connectivity index (χ2n) is 4.31. The standard InChI is InChI=1S/C13H14N2O/c1-10-5-2-3-7-12(10)15-9-11-6-4-8-14(11)13(15)16/h2-3,5,7,9H,4,6,8H2,1H3. The average molecular weight is 214 g/mol. The number of aromatic nitrogens is 2. The zero-order valence-corrected chi connectivity index (χ0v) is 9.31. The SMILES string of the molecule is Cc1ccccc1-n1cc2n(c1=O)CCC2. The zero-order valence-electron chi connectivity index (χ0n) is 9.31. The quantitative estimate of drug-likeness (QED) is 0.712. The molecule has 82 valence electrons. The average Bonchev–Trinajstić information content (AvgIpc) is 2.83. The zero-order chi connectivity index (χ0) is 11.1. The van der Waals surface area contributed by atoms with Gasteiger partial charge in [-0.3, -0.25) is 9.13 Å². The van der Waals surface area contributed by atoms with Crippen LogP contribution >= 0.6 is 0 Å². The molecule has 0 amide bonds. The van der Waals surface area contributed by atoms with Gasteiger partial charge in [-0.2, -0.15) is 0 Å². The number of imidazole rings is 1. The van der Waals surface area contributed by atoms with Crippen molar-refractivity contribution >= 4 is 0 Å². The third-order valence-electron chi connectivity index (χ3n) is 3.25. The summed E-state index contributed by atoms with van der Waals surface area (Å²) in [4.78, 5) is 12.1. The van der Waals surface area contributed by atoms with Gasteiger partial charge in [0.15, 0.2) is 0 Å². The number of nitrogens with zero attached hydrogens (tertiary/aromatic N) is 2. The second kappa shape index (κ2) is 3.37. The topological polar surface area (TPSA) is 26.9 Å². The second-order valence-corrected chi connectivity index (χ2v) is 4.31. The van der Waals surface area contributed by atoms with Crippen LogP contribution in [0.5, 0.6) is 0 Å². The van der Waals surface area contributed by atoms with Crippen molar-refractivity contribution in [2.75, 3.05) is 0 Å². The first-order valence-electron chi connectivity index (χ1n) is 5.64. The van der Waals surface area contributed by atoms with Gasteiger partial charge in [-0.1, -0.05) is 18.2 Å². The molecule has 0 unspecified atom stereocenters. The van der Waals surface area contributed by atoms with E-state index in [9.17, 15) is 4.79 Å². The molecule has 0 atom stereocenters. The molecule has 3 nitrogen and oxygen atoms in total. The molecule has 0 aliphatic carbocycles. The first-order valence-corrected chi connectivity index (χ1v) is 5.64. The Bertz CT molecular complexity index is 592. The molecule has 3 rings (SSSR count). The molecule has 2 heterocycles. The van der Waals surface area contributed by atoms with Crippen molar-refractivity contribution in [3.63, 3.8) is 0 Å². The van der Waals surface area contributed by atoms with Gasteiger partial charge in [-0.25, -0.2) is 4.79 Å². The fourth-order valence-electron chi connectivity index (χ4n) is 2.39. The Morgan fingerprint density at radius 2 is 2.06 bits per heavy atom. The van der Waals surface area contributed by atoms with Crippen LogP contribution in [-0.2, 0) is 13.0 Å². The Morgan fingerprint density at radius 3 is 2.81 bits per heavy atom. The summed E-state index contributed by atoms with van der Waals surface area (Å²) in [7, 11) is 0. The molecular formula is C13H14N2O. The maximum Gasteiger partial charge on any atom is 0.332 e. The van der Waals surface area contributed by atoms with E-state index >= 15 is 0 Å². The van der Waals surface area contributed by atoms with E-state index in [1.807, 2.05) is 42.0 Å². The number of rotatable bonds is 1. The predicted molar refractivity (Wildman–Crippen MR) is 63.1 cm³/mol. The Morgan fingerprint density at radius 1 is 1.25 bits per heavy atom. The van der Waals surface area contributed by atoms with Crippen LogP contribution in [0, 0.1) is 6.92 Å². The van der Waals surface area contributed by atoms with E-state index in [1.54, 1.807) is 4.57 Å². The van der Waals surface area contributed by atoms with Crippen molar-refractivity contribution in [3.05, 3.63) is 52.2 Å². The molecule has 1 aliphatic heterocycles. The summed E-state index contributed by atoms with van der Waals surface area (Å²) in [6, 6.07) is 7.99. The van der Waals surface area contributed by atoms with Gasteiger partial charge in [0.1, 0.15) is 0 Å².